The third-order valence-electron chi connectivity index (χ3n) is 3.67. The number of benzene rings is 1. The van der Waals surface area contributed by atoms with Crippen molar-refractivity contribution in [1.82, 2.24) is 0 Å². The molecule has 0 aromatic heterocycles. The molecule has 0 bridgehead atoms. The molecule has 0 heterocycles. The summed E-state index contributed by atoms with van der Waals surface area (Å²) in [6, 6.07) is 3.53. The van der Waals surface area contributed by atoms with E-state index in [2.05, 4.69) is 5.32 Å². The Morgan fingerprint density at radius 1 is 1.37 bits per heavy atom. The maximum atomic E-state index is 12.1. The number of aliphatic hydroxyl groups is 1. The minimum atomic E-state index is -0.598. The zero-order chi connectivity index (χ0) is 14.0. The van der Waals surface area contributed by atoms with Crippen LogP contribution in [-0.4, -0.2) is 31.8 Å². The average molecular weight is 265 g/mol. The Labute approximate surface area is 112 Å². The monoisotopic (exact) mass is 265 g/mol. The SMILES string of the molecule is COc1ccc(NC(=O)C2(CO)CC2)c(OC)c1C. The van der Waals surface area contributed by atoms with Gasteiger partial charge in [0.15, 0.2) is 0 Å². The van der Waals surface area contributed by atoms with Crippen LogP contribution in [0.15, 0.2) is 12.1 Å². The molecule has 1 aromatic carbocycles. The molecule has 1 fully saturated rings. The molecule has 5 nitrogen and oxygen atoms in total. The van der Waals surface area contributed by atoms with E-state index in [1.807, 2.05) is 6.92 Å². The van der Waals surface area contributed by atoms with Crippen LogP contribution in [0.1, 0.15) is 18.4 Å². The van der Waals surface area contributed by atoms with E-state index in [9.17, 15) is 9.90 Å². The lowest BCUT2D eigenvalue weighted by Crippen LogP contribution is -2.27. The largest absolute Gasteiger partial charge is 0.496 e. The summed E-state index contributed by atoms with van der Waals surface area (Å²) in [4.78, 5) is 12.1. The lowest BCUT2D eigenvalue weighted by molar-refractivity contribution is -0.122. The van der Waals surface area contributed by atoms with Crippen molar-refractivity contribution >= 4 is 11.6 Å². The van der Waals surface area contributed by atoms with E-state index in [4.69, 9.17) is 9.47 Å². The van der Waals surface area contributed by atoms with Crippen molar-refractivity contribution in [3.63, 3.8) is 0 Å². The lowest BCUT2D eigenvalue weighted by Gasteiger charge is -2.17. The van der Waals surface area contributed by atoms with Gasteiger partial charge in [-0.2, -0.15) is 0 Å². The van der Waals surface area contributed by atoms with E-state index in [1.54, 1.807) is 26.4 Å². The van der Waals surface area contributed by atoms with Gasteiger partial charge < -0.3 is 19.9 Å². The Morgan fingerprint density at radius 3 is 2.53 bits per heavy atom. The van der Waals surface area contributed by atoms with Gasteiger partial charge in [0.2, 0.25) is 5.91 Å². The van der Waals surface area contributed by atoms with E-state index in [-0.39, 0.29) is 12.5 Å². The van der Waals surface area contributed by atoms with Gasteiger partial charge in [-0.3, -0.25) is 4.79 Å². The van der Waals surface area contributed by atoms with Crippen molar-refractivity contribution in [2.45, 2.75) is 19.8 Å². The highest BCUT2D eigenvalue weighted by Gasteiger charge is 2.49. The number of hydrogen-bond acceptors (Lipinski definition) is 4. The van der Waals surface area contributed by atoms with Gasteiger partial charge in [-0.15, -0.1) is 0 Å². The van der Waals surface area contributed by atoms with Gasteiger partial charge in [-0.05, 0) is 31.9 Å². The van der Waals surface area contributed by atoms with Gasteiger partial charge in [0.05, 0.1) is 31.9 Å². The fraction of sp³-hybridized carbons (Fsp3) is 0.500. The van der Waals surface area contributed by atoms with E-state index in [1.165, 1.54) is 0 Å². The second kappa shape index (κ2) is 5.09. The number of methoxy groups -OCH3 is 2. The smallest absolute Gasteiger partial charge is 0.233 e. The van der Waals surface area contributed by atoms with Gasteiger partial charge in [0.1, 0.15) is 11.5 Å². The predicted octanol–water partition coefficient (Wildman–Crippen LogP) is 1.72. The first-order valence-corrected chi connectivity index (χ1v) is 6.22. The normalized spacial score (nSPS) is 15.8. The number of carbonyl (C=O) groups is 1. The second-order valence-electron chi connectivity index (χ2n) is 4.87. The molecule has 2 N–H and O–H groups in total. The molecule has 0 unspecified atom stereocenters. The number of carbonyl (C=O) groups excluding carboxylic acids is 1. The van der Waals surface area contributed by atoms with E-state index < -0.39 is 5.41 Å². The van der Waals surface area contributed by atoms with E-state index in [0.717, 1.165) is 18.4 Å². The molecule has 2 rings (SSSR count). The van der Waals surface area contributed by atoms with Crippen LogP contribution in [0.2, 0.25) is 0 Å². The van der Waals surface area contributed by atoms with Gasteiger partial charge in [0.25, 0.3) is 0 Å². The van der Waals surface area contributed by atoms with E-state index >= 15 is 0 Å². The van der Waals surface area contributed by atoms with Gasteiger partial charge in [-0.25, -0.2) is 0 Å². The second-order valence-corrected chi connectivity index (χ2v) is 4.87. The number of hydrogen-bond donors (Lipinski definition) is 2. The molecule has 0 aliphatic heterocycles. The van der Waals surface area contributed by atoms with Gasteiger partial charge in [0, 0.05) is 5.56 Å². The molecule has 1 aliphatic rings. The first-order valence-electron chi connectivity index (χ1n) is 6.22. The summed E-state index contributed by atoms with van der Waals surface area (Å²) in [6.07, 6.45) is 1.46. The first-order chi connectivity index (χ1) is 9.07. The molecule has 0 saturated heterocycles. The molecule has 1 saturated carbocycles. The van der Waals surface area contributed by atoms with Crippen LogP contribution in [0.25, 0.3) is 0 Å². The molecule has 1 aliphatic carbocycles. The highest BCUT2D eigenvalue weighted by Crippen LogP contribution is 2.46. The maximum absolute atomic E-state index is 12.1. The Balaban J connectivity index is 2.25. The number of ether oxygens (including phenoxy) is 2. The van der Waals surface area contributed by atoms with Crippen LogP contribution in [-0.2, 0) is 4.79 Å². The minimum absolute atomic E-state index is 0.115. The summed E-state index contributed by atoms with van der Waals surface area (Å²) in [5.74, 6) is 1.14. The molecule has 104 valence electrons. The van der Waals surface area contributed by atoms with Crippen LogP contribution in [0.5, 0.6) is 11.5 Å². The van der Waals surface area contributed by atoms with Crippen LogP contribution in [0.4, 0.5) is 5.69 Å². The molecule has 0 radical (unpaired) electrons. The van der Waals surface area contributed by atoms with Crippen molar-refractivity contribution in [1.29, 1.82) is 0 Å². The van der Waals surface area contributed by atoms with E-state index in [0.29, 0.717) is 17.2 Å². The average Bonchev–Trinajstić information content (AvgIpc) is 3.20. The third-order valence-corrected chi connectivity index (χ3v) is 3.67. The maximum Gasteiger partial charge on any atom is 0.233 e. The molecule has 1 aromatic rings. The zero-order valence-corrected chi connectivity index (χ0v) is 11.4. The number of amides is 1. The lowest BCUT2D eigenvalue weighted by atomic mass is 10.1. The van der Waals surface area contributed by atoms with Crippen molar-refractivity contribution in [2.75, 3.05) is 26.1 Å². The molecule has 1 amide bonds. The van der Waals surface area contributed by atoms with Gasteiger partial charge in [-0.1, -0.05) is 0 Å². The number of nitrogens with one attached hydrogen (secondary N) is 1. The molecular formula is C14H19NO4. The summed E-state index contributed by atoms with van der Waals surface area (Å²) in [5.41, 5.74) is 0.834. The number of anilines is 1. The summed E-state index contributed by atoms with van der Waals surface area (Å²) < 4.78 is 10.5. The van der Waals surface area contributed by atoms with Gasteiger partial charge >= 0.3 is 0 Å². The summed E-state index contributed by atoms with van der Waals surface area (Å²) in [6.45, 7) is 1.75. The van der Waals surface area contributed by atoms with Crippen molar-refractivity contribution in [2.24, 2.45) is 5.41 Å². The van der Waals surface area contributed by atoms with Crippen LogP contribution < -0.4 is 14.8 Å². The fourth-order valence-corrected chi connectivity index (χ4v) is 2.12. The van der Waals surface area contributed by atoms with Crippen molar-refractivity contribution < 1.29 is 19.4 Å². The highest BCUT2D eigenvalue weighted by atomic mass is 16.5. The highest BCUT2D eigenvalue weighted by molar-refractivity contribution is 5.98. The topological polar surface area (TPSA) is 67.8 Å². The Kier molecular flexibility index (Phi) is 3.66. The number of aliphatic hydroxyl groups excluding tert-OH is 1. The standard InChI is InChI=1S/C14H19NO4/c1-9-11(18-2)5-4-10(12(9)19-3)15-13(17)14(8-16)6-7-14/h4-5,16H,6-8H2,1-3H3,(H,15,17). The summed E-state index contributed by atoms with van der Waals surface area (Å²) in [5, 5.41) is 12.1. The molecule has 0 atom stereocenters. The van der Waals surface area contributed by atoms with Crippen LogP contribution in [0.3, 0.4) is 0 Å². The quantitative estimate of drug-likeness (QED) is 0.850. The molecule has 5 heteroatoms. The van der Waals surface area contributed by atoms with Crippen molar-refractivity contribution in [3.8, 4) is 11.5 Å². The predicted molar refractivity (Wildman–Crippen MR) is 71.7 cm³/mol. The third kappa shape index (κ3) is 2.38. The Bertz CT molecular complexity index is 494. The number of rotatable bonds is 5. The zero-order valence-electron chi connectivity index (χ0n) is 11.4. The molecule has 19 heavy (non-hydrogen) atoms. The summed E-state index contributed by atoms with van der Waals surface area (Å²) >= 11 is 0. The Hall–Kier alpha value is -1.75. The molecule has 0 spiro atoms. The molecular weight excluding hydrogens is 246 g/mol. The van der Waals surface area contributed by atoms with Crippen LogP contribution in [0, 0.1) is 12.3 Å². The Morgan fingerprint density at radius 2 is 2.05 bits per heavy atom. The van der Waals surface area contributed by atoms with Crippen molar-refractivity contribution in [3.05, 3.63) is 17.7 Å². The fourth-order valence-electron chi connectivity index (χ4n) is 2.12. The minimum Gasteiger partial charge on any atom is -0.496 e. The summed E-state index contributed by atoms with van der Waals surface area (Å²) in [7, 11) is 3.14. The first kappa shape index (κ1) is 13.7. The van der Waals surface area contributed by atoms with Crippen LogP contribution >= 0.6 is 0 Å².